The second kappa shape index (κ2) is 6.18. The van der Waals surface area contributed by atoms with Crippen LogP contribution in [0, 0.1) is 0 Å². The van der Waals surface area contributed by atoms with E-state index >= 15 is 0 Å². The highest BCUT2D eigenvalue weighted by atomic mass is 16.5. The number of aliphatic hydroxyl groups is 1. The first kappa shape index (κ1) is 13.4. The van der Waals surface area contributed by atoms with Crippen LogP contribution in [0.4, 0.5) is 0 Å². The van der Waals surface area contributed by atoms with Gasteiger partial charge in [0.1, 0.15) is 0 Å². The normalized spacial score (nSPS) is 30.2. The number of rotatable bonds is 6. The van der Waals surface area contributed by atoms with Crippen LogP contribution in [0.3, 0.4) is 0 Å². The number of hydrogen-bond donors (Lipinski definition) is 2. The van der Waals surface area contributed by atoms with Crippen molar-refractivity contribution in [2.75, 3.05) is 20.3 Å². The van der Waals surface area contributed by atoms with Crippen molar-refractivity contribution >= 4 is 5.97 Å². The average Bonchev–Trinajstić information content (AvgIpc) is 2.30. The van der Waals surface area contributed by atoms with E-state index in [0.717, 1.165) is 0 Å². The van der Waals surface area contributed by atoms with E-state index in [9.17, 15) is 9.90 Å². The van der Waals surface area contributed by atoms with Crippen LogP contribution in [-0.4, -0.2) is 48.2 Å². The fraction of sp³-hybridized carbons (Fsp3) is 0.909. The summed E-state index contributed by atoms with van der Waals surface area (Å²) >= 11 is 0. The Balaban J connectivity index is 2.51. The third kappa shape index (κ3) is 3.17. The third-order valence-electron chi connectivity index (χ3n) is 3.14. The molecule has 0 aromatic heterocycles. The van der Waals surface area contributed by atoms with Gasteiger partial charge in [0, 0.05) is 13.7 Å². The molecule has 1 fully saturated rings. The standard InChI is InChI=1S/C11H20O5/c1-15-9-3-5-11(6-4-9,10(13)14)16-8-2-7-12/h9,12H,2-8H2,1H3,(H,13,14). The minimum Gasteiger partial charge on any atom is -0.479 e. The van der Waals surface area contributed by atoms with Gasteiger partial charge in [-0.3, -0.25) is 0 Å². The lowest BCUT2D eigenvalue weighted by Gasteiger charge is -2.36. The van der Waals surface area contributed by atoms with Gasteiger partial charge in [0.05, 0.1) is 12.7 Å². The van der Waals surface area contributed by atoms with Crippen molar-refractivity contribution in [2.45, 2.75) is 43.8 Å². The minimum atomic E-state index is -1.07. The molecule has 0 aliphatic heterocycles. The van der Waals surface area contributed by atoms with E-state index < -0.39 is 11.6 Å². The molecular weight excluding hydrogens is 212 g/mol. The molecule has 1 saturated carbocycles. The molecule has 0 heterocycles. The molecule has 0 atom stereocenters. The van der Waals surface area contributed by atoms with Gasteiger partial charge in [-0.05, 0) is 32.1 Å². The van der Waals surface area contributed by atoms with Gasteiger partial charge in [0.15, 0.2) is 5.60 Å². The fourth-order valence-corrected chi connectivity index (χ4v) is 2.05. The molecule has 1 aliphatic rings. The Bertz CT molecular complexity index is 215. The molecule has 0 amide bonds. The summed E-state index contributed by atoms with van der Waals surface area (Å²) in [6.07, 6.45) is 3.00. The molecule has 0 bridgehead atoms. The number of methoxy groups -OCH3 is 1. The minimum absolute atomic E-state index is 0.0242. The maximum atomic E-state index is 11.2. The summed E-state index contributed by atoms with van der Waals surface area (Å²) in [6.45, 7) is 0.316. The van der Waals surface area contributed by atoms with Gasteiger partial charge >= 0.3 is 5.97 Å². The molecule has 5 heteroatoms. The molecule has 0 unspecified atom stereocenters. The molecule has 94 valence electrons. The predicted molar refractivity (Wildman–Crippen MR) is 57.3 cm³/mol. The van der Waals surface area contributed by atoms with Crippen molar-refractivity contribution in [3.05, 3.63) is 0 Å². The van der Waals surface area contributed by atoms with Crippen LogP contribution in [0.1, 0.15) is 32.1 Å². The van der Waals surface area contributed by atoms with E-state index in [1.807, 2.05) is 0 Å². The van der Waals surface area contributed by atoms with E-state index in [2.05, 4.69) is 0 Å². The first-order valence-electron chi connectivity index (χ1n) is 5.65. The van der Waals surface area contributed by atoms with Crippen molar-refractivity contribution < 1.29 is 24.5 Å². The van der Waals surface area contributed by atoms with Gasteiger partial charge in [0.25, 0.3) is 0 Å². The summed E-state index contributed by atoms with van der Waals surface area (Å²) < 4.78 is 10.7. The summed E-state index contributed by atoms with van der Waals surface area (Å²) in [5.41, 5.74) is -1.07. The number of carboxylic acids is 1. The highest BCUT2D eigenvalue weighted by Crippen LogP contribution is 2.33. The van der Waals surface area contributed by atoms with Crippen LogP contribution in [0.5, 0.6) is 0 Å². The number of ether oxygens (including phenoxy) is 2. The molecular formula is C11H20O5. The topological polar surface area (TPSA) is 76.0 Å². The number of aliphatic carboxylic acids is 1. The maximum absolute atomic E-state index is 11.2. The molecule has 0 saturated heterocycles. The zero-order valence-corrected chi connectivity index (χ0v) is 9.65. The number of hydrogen-bond acceptors (Lipinski definition) is 4. The Morgan fingerprint density at radius 2 is 2.06 bits per heavy atom. The van der Waals surface area contributed by atoms with E-state index in [1.54, 1.807) is 7.11 Å². The van der Waals surface area contributed by atoms with Crippen LogP contribution in [-0.2, 0) is 14.3 Å². The summed E-state index contributed by atoms with van der Waals surface area (Å²) in [5.74, 6) is -0.903. The van der Waals surface area contributed by atoms with Gasteiger partial charge < -0.3 is 19.7 Å². The van der Waals surface area contributed by atoms with E-state index in [1.165, 1.54) is 0 Å². The molecule has 0 spiro atoms. The largest absolute Gasteiger partial charge is 0.479 e. The lowest BCUT2D eigenvalue weighted by Crippen LogP contribution is -2.46. The quantitative estimate of drug-likeness (QED) is 0.662. The molecule has 0 aromatic carbocycles. The molecule has 5 nitrogen and oxygen atoms in total. The summed E-state index contributed by atoms with van der Waals surface area (Å²) in [7, 11) is 1.64. The molecule has 2 N–H and O–H groups in total. The maximum Gasteiger partial charge on any atom is 0.335 e. The Morgan fingerprint density at radius 3 is 2.50 bits per heavy atom. The Hall–Kier alpha value is -0.650. The first-order valence-corrected chi connectivity index (χ1v) is 5.65. The fourth-order valence-electron chi connectivity index (χ4n) is 2.05. The van der Waals surface area contributed by atoms with Gasteiger partial charge in [-0.25, -0.2) is 4.79 Å². The molecule has 1 rings (SSSR count). The summed E-state index contributed by atoms with van der Waals surface area (Å²) in [5, 5.41) is 17.9. The van der Waals surface area contributed by atoms with Crippen LogP contribution >= 0.6 is 0 Å². The monoisotopic (exact) mass is 232 g/mol. The Labute approximate surface area is 95.4 Å². The molecule has 16 heavy (non-hydrogen) atoms. The van der Waals surface area contributed by atoms with Crippen LogP contribution in [0.25, 0.3) is 0 Å². The van der Waals surface area contributed by atoms with Gasteiger partial charge in [0.2, 0.25) is 0 Å². The number of carbonyl (C=O) groups is 1. The van der Waals surface area contributed by atoms with E-state index in [0.29, 0.717) is 38.7 Å². The molecule has 0 aromatic rings. The molecule has 0 radical (unpaired) electrons. The van der Waals surface area contributed by atoms with Crippen LogP contribution in [0.15, 0.2) is 0 Å². The summed E-state index contributed by atoms with van der Waals surface area (Å²) in [4.78, 5) is 11.2. The van der Waals surface area contributed by atoms with Crippen molar-refractivity contribution in [1.29, 1.82) is 0 Å². The van der Waals surface area contributed by atoms with E-state index in [-0.39, 0.29) is 12.7 Å². The van der Waals surface area contributed by atoms with Crippen molar-refractivity contribution in [2.24, 2.45) is 0 Å². The van der Waals surface area contributed by atoms with Crippen molar-refractivity contribution in [3.63, 3.8) is 0 Å². The van der Waals surface area contributed by atoms with Crippen molar-refractivity contribution in [1.82, 2.24) is 0 Å². The zero-order chi connectivity index (χ0) is 12.0. The third-order valence-corrected chi connectivity index (χ3v) is 3.14. The van der Waals surface area contributed by atoms with E-state index in [4.69, 9.17) is 14.6 Å². The van der Waals surface area contributed by atoms with Gasteiger partial charge in [-0.15, -0.1) is 0 Å². The van der Waals surface area contributed by atoms with Crippen LogP contribution < -0.4 is 0 Å². The zero-order valence-electron chi connectivity index (χ0n) is 9.65. The SMILES string of the molecule is COC1CCC(OCCCO)(C(=O)O)CC1. The highest BCUT2D eigenvalue weighted by molar-refractivity contribution is 5.77. The second-order valence-electron chi connectivity index (χ2n) is 4.16. The predicted octanol–water partition coefficient (Wildman–Crippen LogP) is 0.798. The smallest absolute Gasteiger partial charge is 0.335 e. The Kier molecular flexibility index (Phi) is 5.18. The van der Waals surface area contributed by atoms with Crippen molar-refractivity contribution in [3.8, 4) is 0 Å². The lowest BCUT2D eigenvalue weighted by molar-refractivity contribution is -0.174. The average molecular weight is 232 g/mol. The summed E-state index contributed by atoms with van der Waals surface area (Å²) in [6, 6.07) is 0. The van der Waals surface area contributed by atoms with Gasteiger partial charge in [-0.2, -0.15) is 0 Å². The lowest BCUT2D eigenvalue weighted by atomic mass is 9.83. The number of carboxylic acid groups (broad SMARTS) is 1. The van der Waals surface area contributed by atoms with Crippen LogP contribution in [0.2, 0.25) is 0 Å². The molecule has 1 aliphatic carbocycles. The van der Waals surface area contributed by atoms with Gasteiger partial charge in [-0.1, -0.05) is 0 Å². The number of aliphatic hydroxyl groups excluding tert-OH is 1. The second-order valence-corrected chi connectivity index (χ2v) is 4.16. The first-order chi connectivity index (χ1) is 7.64. The Morgan fingerprint density at radius 1 is 1.44 bits per heavy atom. The highest BCUT2D eigenvalue weighted by Gasteiger charge is 2.43.